The van der Waals surface area contributed by atoms with Crippen LogP contribution in [0.1, 0.15) is 44.6 Å². The first-order valence-corrected chi connectivity index (χ1v) is 9.49. The van der Waals surface area contributed by atoms with Crippen LogP contribution in [-0.4, -0.2) is 46.9 Å². The van der Waals surface area contributed by atoms with E-state index >= 15 is 0 Å². The summed E-state index contributed by atoms with van der Waals surface area (Å²) in [5, 5.41) is 5.39. The van der Waals surface area contributed by atoms with Crippen LogP contribution in [0.3, 0.4) is 0 Å². The van der Waals surface area contributed by atoms with Crippen LogP contribution in [0.2, 0.25) is 0 Å². The standard InChI is InChI=1S/C19H29N5O3/c1-3-4-5-15(22-19(20)27)18(26)24-10-7-14(8-11-24)17(25)23-16-12-13(2)6-9-21-16/h6,9,12,14-15H,3-5,7-8,10-11H2,1-2H3,(H3,20,22,27)(H,21,23,25). The van der Waals surface area contributed by atoms with Gasteiger partial charge >= 0.3 is 6.03 Å². The lowest BCUT2D eigenvalue weighted by molar-refractivity contribution is -0.136. The van der Waals surface area contributed by atoms with Gasteiger partial charge < -0.3 is 21.3 Å². The molecular weight excluding hydrogens is 346 g/mol. The fraction of sp³-hybridized carbons (Fsp3) is 0.579. The van der Waals surface area contributed by atoms with Crippen molar-refractivity contribution in [3.8, 4) is 0 Å². The molecule has 8 nitrogen and oxygen atoms in total. The molecule has 1 aromatic rings. The van der Waals surface area contributed by atoms with E-state index in [4.69, 9.17) is 5.73 Å². The average molecular weight is 375 g/mol. The maximum absolute atomic E-state index is 12.7. The molecule has 1 atom stereocenters. The molecule has 1 fully saturated rings. The number of nitrogens with one attached hydrogen (secondary N) is 2. The number of aryl methyl sites for hydroxylation is 1. The average Bonchev–Trinajstić information content (AvgIpc) is 2.64. The number of anilines is 1. The zero-order valence-electron chi connectivity index (χ0n) is 16.0. The van der Waals surface area contributed by atoms with Crippen molar-refractivity contribution in [1.82, 2.24) is 15.2 Å². The molecule has 1 aromatic heterocycles. The quantitative estimate of drug-likeness (QED) is 0.673. The van der Waals surface area contributed by atoms with Crippen LogP contribution in [0.15, 0.2) is 18.3 Å². The number of pyridine rings is 1. The van der Waals surface area contributed by atoms with Gasteiger partial charge in [0, 0.05) is 25.2 Å². The number of unbranched alkanes of at least 4 members (excludes halogenated alkanes) is 1. The molecule has 0 aromatic carbocycles. The van der Waals surface area contributed by atoms with E-state index in [1.807, 2.05) is 26.0 Å². The second kappa shape index (κ2) is 9.89. The number of primary amides is 1. The minimum atomic E-state index is -0.690. The van der Waals surface area contributed by atoms with E-state index in [1.165, 1.54) is 0 Å². The number of amides is 4. The highest BCUT2D eigenvalue weighted by Crippen LogP contribution is 2.20. The first-order chi connectivity index (χ1) is 12.9. The monoisotopic (exact) mass is 375 g/mol. The smallest absolute Gasteiger partial charge is 0.312 e. The highest BCUT2D eigenvalue weighted by Gasteiger charge is 2.31. The lowest BCUT2D eigenvalue weighted by Gasteiger charge is -2.33. The van der Waals surface area contributed by atoms with Gasteiger partial charge in [0.25, 0.3) is 0 Å². The van der Waals surface area contributed by atoms with Crippen LogP contribution in [-0.2, 0) is 9.59 Å². The lowest BCUT2D eigenvalue weighted by atomic mass is 9.95. The van der Waals surface area contributed by atoms with Crippen molar-refractivity contribution < 1.29 is 14.4 Å². The van der Waals surface area contributed by atoms with Crippen LogP contribution in [0.25, 0.3) is 0 Å². The van der Waals surface area contributed by atoms with Gasteiger partial charge in [-0.2, -0.15) is 0 Å². The molecule has 0 spiro atoms. The van der Waals surface area contributed by atoms with E-state index in [0.717, 1.165) is 18.4 Å². The number of nitrogens with two attached hydrogens (primary N) is 1. The predicted molar refractivity (Wildman–Crippen MR) is 103 cm³/mol. The third-order valence-corrected chi connectivity index (χ3v) is 4.81. The summed E-state index contributed by atoms with van der Waals surface area (Å²) >= 11 is 0. The van der Waals surface area contributed by atoms with Gasteiger partial charge in [0.2, 0.25) is 11.8 Å². The van der Waals surface area contributed by atoms with Crippen LogP contribution in [0.5, 0.6) is 0 Å². The van der Waals surface area contributed by atoms with E-state index in [0.29, 0.717) is 38.2 Å². The number of carbonyl (C=O) groups excluding carboxylic acids is 3. The molecular formula is C19H29N5O3. The Morgan fingerprint density at radius 2 is 2.04 bits per heavy atom. The second-order valence-electron chi connectivity index (χ2n) is 7.01. The summed E-state index contributed by atoms with van der Waals surface area (Å²) in [4.78, 5) is 42.2. The van der Waals surface area contributed by atoms with E-state index in [9.17, 15) is 14.4 Å². The van der Waals surface area contributed by atoms with Crippen molar-refractivity contribution >= 4 is 23.7 Å². The Morgan fingerprint density at radius 1 is 1.33 bits per heavy atom. The number of piperidine rings is 1. The third-order valence-electron chi connectivity index (χ3n) is 4.81. The van der Waals surface area contributed by atoms with Gasteiger partial charge in [-0.1, -0.05) is 19.8 Å². The molecule has 148 valence electrons. The predicted octanol–water partition coefficient (Wildman–Crippen LogP) is 1.79. The molecule has 0 saturated carbocycles. The molecule has 1 aliphatic heterocycles. The maximum atomic E-state index is 12.7. The van der Waals surface area contributed by atoms with Gasteiger partial charge in [-0.15, -0.1) is 0 Å². The minimum Gasteiger partial charge on any atom is -0.352 e. The molecule has 0 radical (unpaired) electrons. The first kappa shape index (κ1) is 20.7. The van der Waals surface area contributed by atoms with Gasteiger partial charge in [0.05, 0.1) is 0 Å². The summed E-state index contributed by atoms with van der Waals surface area (Å²) in [6, 6.07) is 2.41. The highest BCUT2D eigenvalue weighted by atomic mass is 16.2. The molecule has 1 unspecified atom stereocenters. The Bertz CT molecular complexity index is 671. The summed E-state index contributed by atoms with van der Waals surface area (Å²) in [5.41, 5.74) is 6.23. The molecule has 0 aliphatic carbocycles. The largest absolute Gasteiger partial charge is 0.352 e. The van der Waals surface area contributed by atoms with Crippen LogP contribution >= 0.6 is 0 Å². The lowest BCUT2D eigenvalue weighted by Crippen LogP contribution is -2.52. The number of aromatic nitrogens is 1. The molecule has 4 amide bonds. The normalized spacial score (nSPS) is 15.9. The van der Waals surface area contributed by atoms with Crippen molar-refractivity contribution in [2.45, 2.75) is 52.0 Å². The number of hydrogen-bond acceptors (Lipinski definition) is 4. The Labute approximate surface area is 159 Å². The Morgan fingerprint density at radius 3 is 2.63 bits per heavy atom. The fourth-order valence-electron chi connectivity index (χ4n) is 3.25. The third kappa shape index (κ3) is 6.23. The Balaban J connectivity index is 1.88. The summed E-state index contributed by atoms with van der Waals surface area (Å²) in [7, 11) is 0. The summed E-state index contributed by atoms with van der Waals surface area (Å²) in [6.07, 6.45) is 5.16. The van der Waals surface area contributed by atoms with Gasteiger partial charge in [-0.3, -0.25) is 9.59 Å². The number of hydrogen-bond donors (Lipinski definition) is 3. The van der Waals surface area contributed by atoms with E-state index in [1.54, 1.807) is 11.1 Å². The molecule has 8 heteroatoms. The summed E-state index contributed by atoms with van der Waals surface area (Å²) in [6.45, 7) is 4.94. The van der Waals surface area contributed by atoms with Crippen molar-refractivity contribution in [1.29, 1.82) is 0 Å². The van der Waals surface area contributed by atoms with Crippen molar-refractivity contribution in [3.63, 3.8) is 0 Å². The van der Waals surface area contributed by atoms with Crippen molar-refractivity contribution in [3.05, 3.63) is 23.9 Å². The second-order valence-corrected chi connectivity index (χ2v) is 7.01. The zero-order chi connectivity index (χ0) is 19.8. The topological polar surface area (TPSA) is 117 Å². The van der Waals surface area contributed by atoms with Gasteiger partial charge in [-0.05, 0) is 43.9 Å². The van der Waals surface area contributed by atoms with E-state index in [2.05, 4.69) is 15.6 Å². The van der Waals surface area contributed by atoms with E-state index in [-0.39, 0.29) is 17.7 Å². The van der Waals surface area contributed by atoms with Crippen molar-refractivity contribution in [2.75, 3.05) is 18.4 Å². The molecule has 4 N–H and O–H groups in total. The first-order valence-electron chi connectivity index (χ1n) is 9.49. The number of urea groups is 1. The number of rotatable bonds is 7. The molecule has 1 aliphatic rings. The van der Waals surface area contributed by atoms with Crippen molar-refractivity contribution in [2.24, 2.45) is 11.7 Å². The molecule has 2 rings (SSSR count). The highest BCUT2D eigenvalue weighted by molar-refractivity contribution is 5.92. The van der Waals surface area contributed by atoms with Crippen LogP contribution in [0.4, 0.5) is 10.6 Å². The van der Waals surface area contributed by atoms with Crippen LogP contribution in [0, 0.1) is 12.8 Å². The maximum Gasteiger partial charge on any atom is 0.312 e. The number of carbonyl (C=O) groups is 3. The Hall–Kier alpha value is -2.64. The molecule has 27 heavy (non-hydrogen) atoms. The molecule has 0 bridgehead atoms. The number of likely N-dealkylation sites (tertiary alicyclic amines) is 1. The van der Waals surface area contributed by atoms with Gasteiger partial charge in [0.1, 0.15) is 11.9 Å². The summed E-state index contributed by atoms with van der Waals surface area (Å²) < 4.78 is 0. The minimum absolute atomic E-state index is 0.0713. The fourth-order valence-corrected chi connectivity index (χ4v) is 3.25. The van der Waals surface area contributed by atoms with Gasteiger partial charge in [-0.25, -0.2) is 9.78 Å². The SMILES string of the molecule is CCCCC(NC(N)=O)C(=O)N1CCC(C(=O)Nc2cc(C)ccn2)CC1. The van der Waals surface area contributed by atoms with Gasteiger partial charge in [0.15, 0.2) is 0 Å². The molecule has 1 saturated heterocycles. The Kier molecular flexibility index (Phi) is 7.57. The summed E-state index contributed by atoms with van der Waals surface area (Å²) in [5.74, 6) is 0.192. The number of nitrogens with zero attached hydrogens (tertiary/aromatic N) is 2. The zero-order valence-corrected chi connectivity index (χ0v) is 16.0. The van der Waals surface area contributed by atoms with E-state index < -0.39 is 12.1 Å². The molecule has 2 heterocycles. The van der Waals surface area contributed by atoms with Crippen LogP contribution < -0.4 is 16.4 Å².